The van der Waals surface area contributed by atoms with Crippen LogP contribution in [-0.4, -0.2) is 28.6 Å². The number of ether oxygens (including phenoxy) is 1. The molecule has 6 heteroatoms. The summed E-state index contributed by atoms with van der Waals surface area (Å²) >= 11 is 0. The van der Waals surface area contributed by atoms with E-state index < -0.39 is 0 Å². The Kier molecular flexibility index (Phi) is 6.48. The summed E-state index contributed by atoms with van der Waals surface area (Å²) in [6.07, 6.45) is 6.37. The van der Waals surface area contributed by atoms with E-state index in [0.29, 0.717) is 29.1 Å². The molecule has 0 bridgehead atoms. The van der Waals surface area contributed by atoms with Crippen molar-refractivity contribution in [3.63, 3.8) is 0 Å². The number of carbonyl (C=O) groups is 1. The van der Waals surface area contributed by atoms with Gasteiger partial charge in [0.05, 0.1) is 10.9 Å². The Morgan fingerprint density at radius 1 is 1.37 bits per heavy atom. The molecule has 0 saturated heterocycles. The third-order valence-corrected chi connectivity index (χ3v) is 5.29. The number of hydrogen-bond donors (Lipinski definition) is 1. The molecule has 1 aromatic heterocycles. The Labute approximate surface area is 159 Å². The molecule has 1 N–H and O–H groups in total. The number of benzene rings is 1. The lowest BCUT2D eigenvalue weighted by molar-refractivity contribution is -0.123. The molecule has 0 spiro atoms. The summed E-state index contributed by atoms with van der Waals surface area (Å²) in [5.74, 6) is 1.76. The molecule has 0 saturated carbocycles. The Balaban J connectivity index is 1.59. The van der Waals surface area contributed by atoms with Crippen LogP contribution in [0.4, 0.5) is 0 Å². The SMILES string of the molecule is CCCCC(CC)CNC(=O)COc1ccc2nc3n(c(=O)c2c1)CCC3. The molecule has 1 aliphatic heterocycles. The number of aryl methyl sites for hydroxylation is 1. The highest BCUT2D eigenvalue weighted by Crippen LogP contribution is 2.19. The van der Waals surface area contributed by atoms with E-state index in [2.05, 4.69) is 24.1 Å². The van der Waals surface area contributed by atoms with Gasteiger partial charge in [-0.05, 0) is 37.0 Å². The van der Waals surface area contributed by atoms with E-state index in [0.717, 1.165) is 38.1 Å². The first-order valence-corrected chi connectivity index (χ1v) is 10.0. The van der Waals surface area contributed by atoms with E-state index in [4.69, 9.17) is 4.74 Å². The van der Waals surface area contributed by atoms with Gasteiger partial charge in [-0.25, -0.2) is 4.98 Å². The van der Waals surface area contributed by atoms with E-state index in [-0.39, 0.29) is 18.1 Å². The van der Waals surface area contributed by atoms with E-state index >= 15 is 0 Å². The highest BCUT2D eigenvalue weighted by Gasteiger charge is 2.16. The highest BCUT2D eigenvalue weighted by atomic mass is 16.5. The highest BCUT2D eigenvalue weighted by molar-refractivity contribution is 5.80. The van der Waals surface area contributed by atoms with Gasteiger partial charge >= 0.3 is 0 Å². The number of fused-ring (bicyclic) bond motifs is 2. The molecular weight excluding hydrogens is 342 g/mol. The van der Waals surface area contributed by atoms with Crippen LogP contribution < -0.4 is 15.6 Å². The Morgan fingerprint density at radius 2 is 2.22 bits per heavy atom. The van der Waals surface area contributed by atoms with Crippen molar-refractivity contribution in [2.45, 2.75) is 58.9 Å². The van der Waals surface area contributed by atoms with Gasteiger partial charge < -0.3 is 10.1 Å². The lowest BCUT2D eigenvalue weighted by Crippen LogP contribution is -2.33. The van der Waals surface area contributed by atoms with Crippen molar-refractivity contribution in [3.8, 4) is 5.75 Å². The molecule has 3 rings (SSSR count). The van der Waals surface area contributed by atoms with Crippen molar-refractivity contribution in [1.82, 2.24) is 14.9 Å². The zero-order valence-electron chi connectivity index (χ0n) is 16.3. The van der Waals surface area contributed by atoms with E-state index in [1.54, 1.807) is 22.8 Å². The molecule has 0 fully saturated rings. The number of unbranched alkanes of at least 4 members (excludes halogenated alkanes) is 1. The molecule has 2 heterocycles. The fourth-order valence-electron chi connectivity index (χ4n) is 3.55. The minimum Gasteiger partial charge on any atom is -0.484 e. The molecular formula is C21H29N3O3. The van der Waals surface area contributed by atoms with Gasteiger partial charge in [-0.15, -0.1) is 0 Å². The van der Waals surface area contributed by atoms with Crippen molar-refractivity contribution in [1.29, 1.82) is 0 Å². The van der Waals surface area contributed by atoms with Crippen LogP contribution in [-0.2, 0) is 17.8 Å². The lowest BCUT2D eigenvalue weighted by atomic mass is 9.99. The van der Waals surface area contributed by atoms with Crippen LogP contribution in [0.1, 0.15) is 51.8 Å². The van der Waals surface area contributed by atoms with Crippen LogP contribution >= 0.6 is 0 Å². The summed E-state index contributed by atoms with van der Waals surface area (Å²) < 4.78 is 7.35. The van der Waals surface area contributed by atoms with Crippen LogP contribution in [0.15, 0.2) is 23.0 Å². The van der Waals surface area contributed by atoms with Gasteiger partial charge in [0.25, 0.3) is 11.5 Å². The Bertz CT molecular complexity index is 860. The molecule has 1 aromatic carbocycles. The molecule has 1 atom stereocenters. The molecule has 0 radical (unpaired) electrons. The van der Waals surface area contributed by atoms with Gasteiger partial charge in [0.2, 0.25) is 0 Å². The first-order valence-electron chi connectivity index (χ1n) is 10.0. The van der Waals surface area contributed by atoms with Crippen molar-refractivity contribution < 1.29 is 9.53 Å². The number of aromatic nitrogens is 2. The summed E-state index contributed by atoms with van der Waals surface area (Å²) in [4.78, 5) is 29.2. The molecule has 27 heavy (non-hydrogen) atoms. The zero-order chi connectivity index (χ0) is 19.2. The number of amides is 1. The molecule has 1 aliphatic rings. The van der Waals surface area contributed by atoms with Crippen molar-refractivity contribution in [2.75, 3.05) is 13.2 Å². The van der Waals surface area contributed by atoms with Gasteiger partial charge in [-0.2, -0.15) is 0 Å². The predicted octanol–water partition coefficient (Wildman–Crippen LogP) is 3.05. The standard InChI is InChI=1S/C21H29N3O3/c1-3-5-7-15(4-2)13-22-20(25)14-27-16-9-10-18-17(12-16)21(26)24-11-6-8-19(24)23-18/h9-10,12,15H,3-8,11,13-14H2,1-2H3,(H,22,25). The van der Waals surface area contributed by atoms with Crippen LogP contribution in [0, 0.1) is 5.92 Å². The minimum absolute atomic E-state index is 0.0240. The minimum atomic E-state index is -0.131. The smallest absolute Gasteiger partial charge is 0.261 e. The first-order chi connectivity index (χ1) is 13.1. The Hall–Kier alpha value is -2.37. The van der Waals surface area contributed by atoms with Gasteiger partial charge in [0.1, 0.15) is 11.6 Å². The number of rotatable bonds is 9. The summed E-state index contributed by atoms with van der Waals surface area (Å²) in [6, 6.07) is 5.25. The number of carbonyl (C=O) groups excluding carboxylic acids is 1. The van der Waals surface area contributed by atoms with Crippen molar-refractivity contribution in [2.24, 2.45) is 5.92 Å². The number of nitrogens with one attached hydrogen (secondary N) is 1. The first kappa shape index (κ1) is 19.4. The Morgan fingerprint density at radius 3 is 3.00 bits per heavy atom. The monoisotopic (exact) mass is 371 g/mol. The molecule has 0 aliphatic carbocycles. The van der Waals surface area contributed by atoms with Crippen LogP contribution in [0.3, 0.4) is 0 Å². The second-order valence-electron chi connectivity index (χ2n) is 7.28. The van der Waals surface area contributed by atoms with Crippen LogP contribution in [0.2, 0.25) is 0 Å². The normalized spacial score (nSPS) is 14.1. The zero-order valence-corrected chi connectivity index (χ0v) is 16.3. The second-order valence-corrected chi connectivity index (χ2v) is 7.28. The van der Waals surface area contributed by atoms with E-state index in [1.807, 2.05) is 0 Å². The van der Waals surface area contributed by atoms with Crippen LogP contribution in [0.25, 0.3) is 10.9 Å². The molecule has 146 valence electrons. The third kappa shape index (κ3) is 4.67. The average Bonchev–Trinajstić information content (AvgIpc) is 3.15. The summed E-state index contributed by atoms with van der Waals surface area (Å²) in [6.45, 7) is 5.70. The second kappa shape index (κ2) is 9.02. The molecule has 2 aromatic rings. The predicted molar refractivity (Wildman–Crippen MR) is 106 cm³/mol. The summed E-state index contributed by atoms with van der Waals surface area (Å²) in [7, 11) is 0. The van der Waals surface area contributed by atoms with E-state index in [9.17, 15) is 9.59 Å². The number of nitrogens with zero attached hydrogens (tertiary/aromatic N) is 2. The van der Waals surface area contributed by atoms with Gasteiger partial charge in [-0.1, -0.05) is 33.1 Å². The quantitative estimate of drug-likeness (QED) is 0.735. The maximum absolute atomic E-state index is 12.6. The fraction of sp³-hybridized carbons (Fsp3) is 0.571. The maximum atomic E-state index is 12.6. The summed E-state index contributed by atoms with van der Waals surface area (Å²) in [5, 5.41) is 3.50. The van der Waals surface area contributed by atoms with Crippen molar-refractivity contribution in [3.05, 3.63) is 34.4 Å². The van der Waals surface area contributed by atoms with Crippen molar-refractivity contribution >= 4 is 16.8 Å². The number of hydrogen-bond acceptors (Lipinski definition) is 4. The van der Waals surface area contributed by atoms with Gasteiger partial charge in [0, 0.05) is 19.5 Å². The lowest BCUT2D eigenvalue weighted by Gasteiger charge is -2.15. The van der Waals surface area contributed by atoms with E-state index in [1.165, 1.54) is 12.8 Å². The topological polar surface area (TPSA) is 73.2 Å². The fourth-order valence-corrected chi connectivity index (χ4v) is 3.55. The van der Waals surface area contributed by atoms with Gasteiger partial charge in [-0.3, -0.25) is 14.2 Å². The third-order valence-electron chi connectivity index (χ3n) is 5.29. The molecule has 1 unspecified atom stereocenters. The largest absolute Gasteiger partial charge is 0.484 e. The summed E-state index contributed by atoms with van der Waals surface area (Å²) in [5.41, 5.74) is 0.663. The molecule has 1 amide bonds. The van der Waals surface area contributed by atoms with Gasteiger partial charge in [0.15, 0.2) is 6.61 Å². The molecule has 6 nitrogen and oxygen atoms in total. The average molecular weight is 371 g/mol. The maximum Gasteiger partial charge on any atom is 0.261 e. The van der Waals surface area contributed by atoms with Crippen LogP contribution in [0.5, 0.6) is 5.75 Å².